The van der Waals surface area contributed by atoms with Crippen molar-refractivity contribution in [3.05, 3.63) is 54.0 Å². The van der Waals surface area contributed by atoms with Gasteiger partial charge in [-0.15, -0.1) is 24.0 Å². The van der Waals surface area contributed by atoms with Crippen LogP contribution >= 0.6 is 24.0 Å². The number of aromatic nitrogens is 1. The molecule has 0 spiro atoms. The van der Waals surface area contributed by atoms with Gasteiger partial charge in [-0.05, 0) is 48.7 Å². The number of nitrogens with zero attached hydrogens (tertiary/aromatic N) is 3. The molecule has 1 aromatic carbocycles. The molecule has 0 bridgehead atoms. The summed E-state index contributed by atoms with van der Waals surface area (Å²) >= 11 is 0. The van der Waals surface area contributed by atoms with Gasteiger partial charge < -0.3 is 20.3 Å². The second kappa shape index (κ2) is 12.0. The van der Waals surface area contributed by atoms with Crippen molar-refractivity contribution in [3.63, 3.8) is 0 Å². The topological polar surface area (TPSA) is 78.9 Å². The number of guanidine groups is 1. The number of nitrogens with one attached hydrogen (secondary N) is 2. The maximum absolute atomic E-state index is 13.1. The predicted octanol–water partition coefficient (Wildman–Crippen LogP) is 3.94. The summed E-state index contributed by atoms with van der Waals surface area (Å²) in [5.74, 6) is 1.43. The van der Waals surface area contributed by atoms with Crippen LogP contribution in [0.1, 0.15) is 31.2 Å². The Morgan fingerprint density at radius 2 is 1.88 bits per heavy atom. The van der Waals surface area contributed by atoms with Crippen LogP contribution in [0.2, 0.25) is 0 Å². The van der Waals surface area contributed by atoms with E-state index in [-0.39, 0.29) is 41.1 Å². The second-order valence-electron chi connectivity index (χ2n) is 8.02. The zero-order valence-corrected chi connectivity index (χ0v) is 21.1. The van der Waals surface area contributed by atoms with E-state index in [0.717, 1.165) is 31.2 Å². The zero-order valence-electron chi connectivity index (χ0n) is 18.7. The summed E-state index contributed by atoms with van der Waals surface area (Å²) in [7, 11) is 5.33. The quantitative estimate of drug-likeness (QED) is 0.308. The van der Waals surface area contributed by atoms with E-state index in [4.69, 9.17) is 4.74 Å². The second-order valence-corrected chi connectivity index (χ2v) is 8.02. The van der Waals surface area contributed by atoms with Gasteiger partial charge in [0.25, 0.3) is 0 Å². The third-order valence-corrected chi connectivity index (χ3v) is 5.53. The van der Waals surface area contributed by atoms with E-state index in [0.29, 0.717) is 30.7 Å². The molecule has 0 saturated heterocycles. The van der Waals surface area contributed by atoms with Crippen molar-refractivity contribution in [2.24, 2.45) is 10.4 Å². The molecule has 174 valence electrons. The lowest BCUT2D eigenvalue weighted by Gasteiger charge is -2.31. The van der Waals surface area contributed by atoms with Gasteiger partial charge in [-0.2, -0.15) is 0 Å². The summed E-state index contributed by atoms with van der Waals surface area (Å²) in [5, 5.41) is 6.60. The summed E-state index contributed by atoms with van der Waals surface area (Å²) < 4.78 is 18.7. The van der Waals surface area contributed by atoms with Crippen molar-refractivity contribution in [3.8, 4) is 11.6 Å². The molecule has 1 aliphatic rings. The lowest BCUT2D eigenvalue weighted by Crippen LogP contribution is -2.49. The van der Waals surface area contributed by atoms with Crippen LogP contribution in [0.15, 0.2) is 47.6 Å². The molecule has 7 nitrogen and oxygen atoms in total. The molecule has 1 amide bonds. The first kappa shape index (κ1) is 25.8. The summed E-state index contributed by atoms with van der Waals surface area (Å²) in [6, 6.07) is 9.50. The molecule has 32 heavy (non-hydrogen) atoms. The van der Waals surface area contributed by atoms with Crippen molar-refractivity contribution in [1.29, 1.82) is 0 Å². The molecular formula is C23H31FIN5O2. The number of rotatable bonds is 7. The largest absolute Gasteiger partial charge is 0.439 e. The Morgan fingerprint density at radius 1 is 1.19 bits per heavy atom. The highest BCUT2D eigenvalue weighted by Gasteiger charge is 2.42. The van der Waals surface area contributed by atoms with Crippen molar-refractivity contribution in [2.45, 2.75) is 32.2 Å². The number of ether oxygens (including phenoxy) is 1. The number of hydrogen-bond donors (Lipinski definition) is 2. The molecule has 0 atom stereocenters. The summed E-state index contributed by atoms with van der Waals surface area (Å²) in [4.78, 5) is 22.9. The molecular weight excluding hydrogens is 524 g/mol. The molecule has 1 heterocycles. The van der Waals surface area contributed by atoms with Gasteiger partial charge in [0.1, 0.15) is 11.6 Å². The van der Waals surface area contributed by atoms with Gasteiger partial charge in [0.05, 0.1) is 5.41 Å². The first-order chi connectivity index (χ1) is 14.9. The average molecular weight is 555 g/mol. The highest BCUT2D eigenvalue weighted by molar-refractivity contribution is 14.0. The van der Waals surface area contributed by atoms with Crippen molar-refractivity contribution < 1.29 is 13.9 Å². The molecule has 1 aromatic heterocycles. The number of halogens is 2. The van der Waals surface area contributed by atoms with Crippen LogP contribution in [0.5, 0.6) is 11.6 Å². The molecule has 2 N–H and O–H groups in total. The van der Waals surface area contributed by atoms with Gasteiger partial charge in [-0.1, -0.05) is 12.8 Å². The van der Waals surface area contributed by atoms with Gasteiger partial charge in [-0.25, -0.2) is 9.37 Å². The van der Waals surface area contributed by atoms with E-state index in [9.17, 15) is 9.18 Å². The maximum atomic E-state index is 13.1. The van der Waals surface area contributed by atoms with Crippen molar-refractivity contribution in [1.82, 2.24) is 20.5 Å². The Hall–Kier alpha value is -2.43. The predicted molar refractivity (Wildman–Crippen MR) is 134 cm³/mol. The molecule has 2 aromatic rings. The monoisotopic (exact) mass is 555 g/mol. The minimum absolute atomic E-state index is 0. The Bertz CT molecular complexity index is 915. The maximum Gasteiger partial charge on any atom is 0.230 e. The van der Waals surface area contributed by atoms with Crippen LogP contribution in [0.4, 0.5) is 4.39 Å². The zero-order chi connectivity index (χ0) is 22.3. The van der Waals surface area contributed by atoms with Gasteiger partial charge >= 0.3 is 0 Å². The van der Waals surface area contributed by atoms with Crippen LogP contribution in [0.25, 0.3) is 0 Å². The fraction of sp³-hybridized carbons (Fsp3) is 0.435. The lowest BCUT2D eigenvalue weighted by molar-refractivity contribution is -0.138. The fourth-order valence-electron chi connectivity index (χ4n) is 3.89. The normalized spacial score (nSPS) is 14.9. The molecule has 0 unspecified atom stereocenters. The van der Waals surface area contributed by atoms with Crippen LogP contribution in [0.3, 0.4) is 0 Å². The average Bonchev–Trinajstić information content (AvgIpc) is 3.25. The number of aliphatic imine (C=N–C) groups is 1. The van der Waals surface area contributed by atoms with Crippen LogP contribution in [-0.2, 0) is 11.3 Å². The van der Waals surface area contributed by atoms with Crippen LogP contribution in [-0.4, -0.2) is 49.4 Å². The number of carbonyl (C=O) groups is 1. The van der Waals surface area contributed by atoms with Crippen LogP contribution < -0.4 is 15.4 Å². The highest BCUT2D eigenvalue weighted by atomic mass is 127. The number of amides is 1. The number of pyridine rings is 1. The Labute approximate surface area is 205 Å². The van der Waals surface area contributed by atoms with Crippen LogP contribution in [0, 0.1) is 11.2 Å². The van der Waals surface area contributed by atoms with Gasteiger partial charge in [0.2, 0.25) is 11.8 Å². The molecule has 1 aliphatic carbocycles. The lowest BCUT2D eigenvalue weighted by atomic mass is 9.84. The summed E-state index contributed by atoms with van der Waals surface area (Å²) in [6.45, 7) is 1.07. The van der Waals surface area contributed by atoms with Gasteiger partial charge in [0.15, 0.2) is 5.96 Å². The molecule has 1 saturated carbocycles. The number of hydrogen-bond acceptors (Lipinski definition) is 4. The van der Waals surface area contributed by atoms with Crippen molar-refractivity contribution in [2.75, 3.05) is 27.7 Å². The Balaban J connectivity index is 0.00000363. The number of carbonyl (C=O) groups excluding carboxylic acids is 1. The molecule has 3 rings (SSSR count). The molecule has 9 heteroatoms. The van der Waals surface area contributed by atoms with Gasteiger partial charge in [0, 0.05) is 46.5 Å². The highest BCUT2D eigenvalue weighted by Crippen LogP contribution is 2.38. The molecule has 1 fully saturated rings. The Kier molecular flexibility index (Phi) is 9.67. The fourth-order valence-corrected chi connectivity index (χ4v) is 3.89. The summed E-state index contributed by atoms with van der Waals surface area (Å²) in [6.07, 6.45) is 5.59. The van der Waals surface area contributed by atoms with Gasteiger partial charge in [-0.3, -0.25) is 9.79 Å². The molecule has 0 radical (unpaired) electrons. The SMILES string of the molecule is CN=C(NCc1ccnc(Oc2ccc(F)cc2)c1)NCC1(C(=O)N(C)C)CCCC1.I. The molecule has 0 aliphatic heterocycles. The van der Waals surface area contributed by atoms with E-state index in [2.05, 4.69) is 20.6 Å². The third-order valence-electron chi connectivity index (χ3n) is 5.53. The van der Waals surface area contributed by atoms with E-state index in [1.54, 1.807) is 30.3 Å². The first-order valence-electron chi connectivity index (χ1n) is 10.5. The van der Waals surface area contributed by atoms with E-state index in [1.165, 1.54) is 12.1 Å². The summed E-state index contributed by atoms with van der Waals surface area (Å²) in [5.41, 5.74) is 0.587. The smallest absolute Gasteiger partial charge is 0.230 e. The standard InChI is InChI=1S/C23H30FN5O2.HI/c1-25-22(28-16-23(11-4-5-12-23)21(30)29(2)3)27-15-17-10-13-26-20(14-17)31-19-8-6-18(24)7-9-19;/h6-10,13-14H,4-5,11-12,15-16H2,1-3H3,(H2,25,27,28);1H. The third kappa shape index (κ3) is 6.78. The number of benzene rings is 1. The van der Waals surface area contributed by atoms with Crippen molar-refractivity contribution >= 4 is 35.8 Å². The Morgan fingerprint density at radius 3 is 2.50 bits per heavy atom. The minimum atomic E-state index is -0.367. The van der Waals surface area contributed by atoms with E-state index >= 15 is 0 Å². The van der Waals surface area contributed by atoms with E-state index < -0.39 is 0 Å². The first-order valence-corrected chi connectivity index (χ1v) is 10.5. The van der Waals surface area contributed by atoms with E-state index in [1.807, 2.05) is 26.2 Å². The minimum Gasteiger partial charge on any atom is -0.439 e.